The number of H-pyrrole nitrogens is 1. The van der Waals surface area contributed by atoms with Crippen molar-refractivity contribution in [3.8, 4) is 0 Å². The molecule has 1 unspecified atom stereocenters. The maximum atomic E-state index is 12.4. The molecule has 0 radical (unpaired) electrons. The molecule has 6 heteroatoms. The zero-order valence-electron chi connectivity index (χ0n) is 12.3. The summed E-state index contributed by atoms with van der Waals surface area (Å²) in [6, 6.07) is 15.9. The molecular formula is C17H16N4O2. The van der Waals surface area contributed by atoms with E-state index in [-0.39, 0.29) is 5.69 Å². The van der Waals surface area contributed by atoms with Gasteiger partial charge in [0.05, 0.1) is 5.52 Å². The first-order valence-corrected chi connectivity index (χ1v) is 7.22. The number of aromatic amines is 1. The first-order chi connectivity index (χ1) is 11.1. The van der Waals surface area contributed by atoms with Crippen molar-refractivity contribution in [3.05, 3.63) is 65.9 Å². The number of fused-ring (bicyclic) bond motifs is 1. The average molecular weight is 308 g/mol. The van der Waals surface area contributed by atoms with Crippen LogP contribution >= 0.6 is 0 Å². The van der Waals surface area contributed by atoms with Crippen molar-refractivity contribution < 1.29 is 9.59 Å². The SMILES string of the molecule is NC(=O)C(Cc1ccccc1)NC(=O)c1n[nH]c2ccccc12. The number of carbonyl (C=O) groups excluding carboxylic acids is 2. The minimum atomic E-state index is -0.791. The van der Waals surface area contributed by atoms with Crippen molar-refractivity contribution in [2.45, 2.75) is 12.5 Å². The van der Waals surface area contributed by atoms with Crippen LogP contribution in [0.1, 0.15) is 16.1 Å². The second-order valence-corrected chi connectivity index (χ2v) is 5.24. The predicted molar refractivity (Wildman–Crippen MR) is 86.7 cm³/mol. The van der Waals surface area contributed by atoms with Crippen molar-refractivity contribution in [2.75, 3.05) is 0 Å². The fourth-order valence-corrected chi connectivity index (χ4v) is 2.44. The summed E-state index contributed by atoms with van der Waals surface area (Å²) in [7, 11) is 0. The van der Waals surface area contributed by atoms with E-state index in [1.165, 1.54) is 0 Å². The number of primary amides is 1. The molecule has 1 heterocycles. The number of para-hydroxylation sites is 1. The van der Waals surface area contributed by atoms with E-state index in [1.807, 2.05) is 48.5 Å². The van der Waals surface area contributed by atoms with Gasteiger partial charge in [0.15, 0.2) is 5.69 Å². The Morgan fingerprint density at radius 2 is 1.78 bits per heavy atom. The highest BCUT2D eigenvalue weighted by molar-refractivity contribution is 6.05. The fraction of sp³-hybridized carbons (Fsp3) is 0.118. The van der Waals surface area contributed by atoms with E-state index in [1.54, 1.807) is 6.07 Å². The van der Waals surface area contributed by atoms with Crippen molar-refractivity contribution in [1.82, 2.24) is 15.5 Å². The lowest BCUT2D eigenvalue weighted by Gasteiger charge is -2.15. The largest absolute Gasteiger partial charge is 0.368 e. The molecule has 23 heavy (non-hydrogen) atoms. The van der Waals surface area contributed by atoms with Gasteiger partial charge >= 0.3 is 0 Å². The molecule has 0 fully saturated rings. The third kappa shape index (κ3) is 3.21. The van der Waals surface area contributed by atoms with Gasteiger partial charge < -0.3 is 11.1 Å². The van der Waals surface area contributed by atoms with Gasteiger partial charge in [0.25, 0.3) is 5.91 Å². The Morgan fingerprint density at radius 1 is 1.09 bits per heavy atom. The van der Waals surface area contributed by atoms with Crippen molar-refractivity contribution >= 4 is 22.7 Å². The summed E-state index contributed by atoms with van der Waals surface area (Å²) in [4.78, 5) is 24.1. The number of carbonyl (C=O) groups is 2. The summed E-state index contributed by atoms with van der Waals surface area (Å²) >= 11 is 0. The number of nitrogens with zero attached hydrogens (tertiary/aromatic N) is 1. The maximum absolute atomic E-state index is 12.4. The van der Waals surface area contributed by atoms with E-state index in [2.05, 4.69) is 15.5 Å². The average Bonchev–Trinajstić information content (AvgIpc) is 2.99. The highest BCUT2D eigenvalue weighted by Gasteiger charge is 2.22. The molecule has 0 aliphatic carbocycles. The summed E-state index contributed by atoms with van der Waals surface area (Å²) in [5.41, 5.74) is 7.35. The Labute approximate surface area is 132 Å². The third-order valence-electron chi connectivity index (χ3n) is 3.62. The molecule has 0 aliphatic rings. The van der Waals surface area contributed by atoms with Crippen LogP contribution < -0.4 is 11.1 Å². The number of hydrogen-bond acceptors (Lipinski definition) is 3. The van der Waals surface area contributed by atoms with Gasteiger partial charge in [-0.1, -0.05) is 48.5 Å². The van der Waals surface area contributed by atoms with Crippen molar-refractivity contribution in [1.29, 1.82) is 0 Å². The van der Waals surface area contributed by atoms with E-state index < -0.39 is 17.9 Å². The molecule has 0 spiro atoms. The summed E-state index contributed by atoms with van der Waals surface area (Å²) in [6.07, 6.45) is 0.338. The smallest absolute Gasteiger partial charge is 0.273 e. The van der Waals surface area contributed by atoms with E-state index in [0.717, 1.165) is 11.1 Å². The Morgan fingerprint density at radius 3 is 2.52 bits per heavy atom. The monoisotopic (exact) mass is 308 g/mol. The summed E-state index contributed by atoms with van der Waals surface area (Å²) in [5, 5.41) is 10.2. The van der Waals surface area contributed by atoms with Crippen LogP contribution in [-0.4, -0.2) is 28.1 Å². The zero-order chi connectivity index (χ0) is 16.2. The molecule has 4 N–H and O–H groups in total. The van der Waals surface area contributed by atoms with Gasteiger partial charge in [0.2, 0.25) is 5.91 Å². The van der Waals surface area contributed by atoms with E-state index in [4.69, 9.17) is 5.73 Å². The van der Waals surface area contributed by atoms with Gasteiger partial charge in [-0.05, 0) is 11.6 Å². The molecule has 3 aromatic rings. The lowest BCUT2D eigenvalue weighted by Crippen LogP contribution is -2.46. The first-order valence-electron chi connectivity index (χ1n) is 7.22. The van der Waals surface area contributed by atoms with Crippen LogP contribution in [0.4, 0.5) is 0 Å². The molecule has 2 aromatic carbocycles. The molecular weight excluding hydrogens is 292 g/mol. The topological polar surface area (TPSA) is 101 Å². The molecule has 0 saturated carbocycles. The van der Waals surface area contributed by atoms with Crippen LogP contribution in [0.5, 0.6) is 0 Å². The second-order valence-electron chi connectivity index (χ2n) is 5.24. The molecule has 3 rings (SSSR count). The Bertz CT molecular complexity index is 842. The molecule has 0 bridgehead atoms. The Balaban J connectivity index is 1.80. The minimum Gasteiger partial charge on any atom is -0.368 e. The first kappa shape index (κ1) is 14.8. The predicted octanol–water partition coefficient (Wildman–Crippen LogP) is 1.39. The number of nitrogens with two attached hydrogens (primary N) is 1. The molecule has 0 aliphatic heterocycles. The number of benzene rings is 2. The van der Waals surface area contributed by atoms with E-state index in [9.17, 15) is 9.59 Å². The van der Waals surface area contributed by atoms with Crippen LogP contribution in [0, 0.1) is 0 Å². The normalized spacial score (nSPS) is 12.0. The summed E-state index contributed by atoms with van der Waals surface area (Å²) in [5.74, 6) is -1.01. The van der Waals surface area contributed by atoms with Crippen LogP contribution in [-0.2, 0) is 11.2 Å². The van der Waals surface area contributed by atoms with E-state index >= 15 is 0 Å². The number of aromatic nitrogens is 2. The van der Waals surface area contributed by atoms with Gasteiger partial charge in [-0.25, -0.2) is 0 Å². The number of rotatable bonds is 5. The lowest BCUT2D eigenvalue weighted by molar-refractivity contribution is -0.119. The standard InChI is InChI=1S/C17H16N4O2/c18-16(22)14(10-11-6-2-1-3-7-11)19-17(23)15-12-8-4-5-9-13(12)20-21-15/h1-9,14H,10H2,(H2,18,22)(H,19,23)(H,20,21). The number of hydrogen-bond donors (Lipinski definition) is 3. The zero-order valence-corrected chi connectivity index (χ0v) is 12.3. The number of amides is 2. The van der Waals surface area contributed by atoms with Crippen LogP contribution in [0.15, 0.2) is 54.6 Å². The highest BCUT2D eigenvalue weighted by Crippen LogP contribution is 2.15. The van der Waals surface area contributed by atoms with Crippen LogP contribution in [0.25, 0.3) is 10.9 Å². The fourth-order valence-electron chi connectivity index (χ4n) is 2.44. The summed E-state index contributed by atoms with van der Waals surface area (Å²) in [6.45, 7) is 0. The van der Waals surface area contributed by atoms with Gasteiger partial charge in [0.1, 0.15) is 6.04 Å². The van der Waals surface area contributed by atoms with Crippen molar-refractivity contribution in [3.63, 3.8) is 0 Å². The molecule has 116 valence electrons. The van der Waals surface area contributed by atoms with Gasteiger partial charge in [-0.3, -0.25) is 14.7 Å². The van der Waals surface area contributed by atoms with E-state index in [0.29, 0.717) is 11.8 Å². The van der Waals surface area contributed by atoms with Gasteiger partial charge in [-0.2, -0.15) is 5.10 Å². The molecule has 1 aromatic heterocycles. The highest BCUT2D eigenvalue weighted by atomic mass is 16.2. The van der Waals surface area contributed by atoms with Gasteiger partial charge in [0, 0.05) is 11.8 Å². The Kier molecular flexibility index (Phi) is 4.05. The van der Waals surface area contributed by atoms with Crippen LogP contribution in [0.2, 0.25) is 0 Å². The Hall–Kier alpha value is -3.15. The molecule has 2 amide bonds. The third-order valence-corrected chi connectivity index (χ3v) is 3.62. The number of nitrogens with one attached hydrogen (secondary N) is 2. The van der Waals surface area contributed by atoms with Crippen LogP contribution in [0.3, 0.4) is 0 Å². The molecule has 6 nitrogen and oxygen atoms in total. The summed E-state index contributed by atoms with van der Waals surface area (Å²) < 4.78 is 0. The minimum absolute atomic E-state index is 0.250. The quantitative estimate of drug-likeness (QED) is 0.664. The van der Waals surface area contributed by atoms with Gasteiger partial charge in [-0.15, -0.1) is 0 Å². The second kappa shape index (κ2) is 6.31. The van der Waals surface area contributed by atoms with Crippen molar-refractivity contribution in [2.24, 2.45) is 5.73 Å². The lowest BCUT2D eigenvalue weighted by atomic mass is 10.1. The maximum Gasteiger partial charge on any atom is 0.273 e. The molecule has 0 saturated heterocycles. The molecule has 1 atom stereocenters.